The van der Waals surface area contributed by atoms with Gasteiger partial charge in [0, 0.05) is 0 Å². The van der Waals surface area contributed by atoms with Crippen LogP contribution in [0.25, 0.3) is 0 Å². The predicted molar refractivity (Wildman–Crippen MR) is 68.5 cm³/mol. The van der Waals surface area contributed by atoms with Crippen molar-refractivity contribution >= 4 is 11.8 Å². The summed E-state index contributed by atoms with van der Waals surface area (Å²) in [6, 6.07) is 0. The number of hydrogen-bond acceptors (Lipinski definition) is 3. The van der Waals surface area contributed by atoms with Gasteiger partial charge in [0.25, 0.3) is 0 Å². The molecule has 0 aromatic carbocycles. The van der Waals surface area contributed by atoms with Gasteiger partial charge in [-0.15, -0.1) is 11.8 Å². The number of aliphatic hydroxyl groups is 2. The van der Waals surface area contributed by atoms with Crippen molar-refractivity contribution in [3.63, 3.8) is 0 Å². The fourth-order valence-electron chi connectivity index (χ4n) is 3.03. The zero-order valence-electron chi connectivity index (χ0n) is 10.1. The Labute approximate surface area is 103 Å². The normalized spacial score (nSPS) is 36.4. The first-order valence-electron chi connectivity index (χ1n) is 6.75. The lowest BCUT2D eigenvalue weighted by molar-refractivity contribution is -0.109. The summed E-state index contributed by atoms with van der Waals surface area (Å²) in [7, 11) is 0. The van der Waals surface area contributed by atoms with Gasteiger partial charge >= 0.3 is 0 Å². The van der Waals surface area contributed by atoms with Crippen LogP contribution in [0.2, 0.25) is 0 Å². The Morgan fingerprint density at radius 3 is 1.94 bits per heavy atom. The average Bonchev–Trinajstić information content (AvgIpc) is 2.61. The van der Waals surface area contributed by atoms with Gasteiger partial charge in [-0.1, -0.05) is 32.1 Å². The largest absolute Gasteiger partial charge is 0.386 e. The minimum Gasteiger partial charge on any atom is -0.386 e. The first-order chi connectivity index (χ1) is 7.66. The minimum absolute atomic E-state index is 0.772. The molecule has 0 bridgehead atoms. The Hall–Kier alpha value is 0.270. The molecule has 1 aliphatic heterocycles. The molecule has 0 radical (unpaired) electrons. The third kappa shape index (κ3) is 2.57. The van der Waals surface area contributed by atoms with Crippen molar-refractivity contribution in [2.75, 3.05) is 5.75 Å². The second-order valence-corrected chi connectivity index (χ2v) is 6.76. The van der Waals surface area contributed by atoms with Crippen LogP contribution in [0, 0.1) is 0 Å². The summed E-state index contributed by atoms with van der Waals surface area (Å²) in [6.07, 6.45) is 10.4. The predicted octanol–water partition coefficient (Wildman–Crippen LogP) is 3.07. The van der Waals surface area contributed by atoms with Crippen molar-refractivity contribution in [1.29, 1.82) is 0 Å². The third-order valence-electron chi connectivity index (χ3n) is 4.16. The smallest absolute Gasteiger partial charge is 0.139 e. The van der Waals surface area contributed by atoms with Gasteiger partial charge in [-0.25, -0.2) is 0 Å². The Kier molecular flexibility index (Phi) is 4.20. The fraction of sp³-hybridized carbons (Fsp3) is 1.00. The van der Waals surface area contributed by atoms with Crippen molar-refractivity contribution in [2.45, 2.75) is 74.7 Å². The molecular weight excluding hydrogens is 220 g/mol. The molecule has 2 aliphatic rings. The highest BCUT2D eigenvalue weighted by Crippen LogP contribution is 2.46. The summed E-state index contributed by atoms with van der Waals surface area (Å²) in [4.78, 5) is -0.867. The summed E-state index contributed by atoms with van der Waals surface area (Å²) in [5.74, 6) is 0.999. The van der Waals surface area contributed by atoms with E-state index in [-0.39, 0.29) is 0 Å². The van der Waals surface area contributed by atoms with E-state index in [1.165, 1.54) is 25.7 Å². The molecule has 1 unspecified atom stereocenters. The maximum absolute atomic E-state index is 10.8. The number of hydrogen-bond donors (Lipinski definition) is 2. The SMILES string of the molecule is OC1(C2(O)CCCCCS2)CCCCCC1. The Morgan fingerprint density at radius 1 is 0.688 bits per heavy atom. The van der Waals surface area contributed by atoms with Gasteiger partial charge in [-0.05, 0) is 37.9 Å². The Balaban J connectivity index is 2.11. The molecule has 1 heterocycles. The van der Waals surface area contributed by atoms with Crippen molar-refractivity contribution in [1.82, 2.24) is 0 Å². The van der Waals surface area contributed by atoms with E-state index < -0.39 is 10.5 Å². The molecule has 2 fully saturated rings. The van der Waals surface area contributed by atoms with Gasteiger partial charge in [0.05, 0.1) is 0 Å². The van der Waals surface area contributed by atoms with E-state index in [4.69, 9.17) is 0 Å². The van der Waals surface area contributed by atoms with Crippen molar-refractivity contribution < 1.29 is 10.2 Å². The van der Waals surface area contributed by atoms with E-state index >= 15 is 0 Å². The van der Waals surface area contributed by atoms with E-state index in [2.05, 4.69) is 0 Å². The topological polar surface area (TPSA) is 40.5 Å². The van der Waals surface area contributed by atoms with E-state index in [9.17, 15) is 10.2 Å². The van der Waals surface area contributed by atoms with E-state index in [0.29, 0.717) is 0 Å². The van der Waals surface area contributed by atoms with Crippen LogP contribution in [0.5, 0.6) is 0 Å². The highest BCUT2D eigenvalue weighted by Gasteiger charge is 2.49. The van der Waals surface area contributed by atoms with Crippen LogP contribution in [0.4, 0.5) is 0 Å². The van der Waals surface area contributed by atoms with Crippen LogP contribution in [0.15, 0.2) is 0 Å². The number of thioether (sulfide) groups is 1. The Morgan fingerprint density at radius 2 is 1.25 bits per heavy atom. The molecule has 0 amide bonds. The standard InChI is InChI=1S/C13H24O2S/c14-12(8-4-1-2-5-9-12)13(15)10-6-3-7-11-16-13/h14-15H,1-11H2. The van der Waals surface area contributed by atoms with E-state index in [0.717, 1.165) is 44.3 Å². The highest BCUT2D eigenvalue weighted by molar-refractivity contribution is 8.00. The zero-order chi connectivity index (χ0) is 11.5. The lowest BCUT2D eigenvalue weighted by Gasteiger charge is -2.42. The molecule has 16 heavy (non-hydrogen) atoms. The van der Waals surface area contributed by atoms with Crippen LogP contribution in [0.3, 0.4) is 0 Å². The lowest BCUT2D eigenvalue weighted by atomic mass is 9.85. The van der Waals surface area contributed by atoms with Gasteiger partial charge in [-0.2, -0.15) is 0 Å². The summed E-state index contributed by atoms with van der Waals surface area (Å²) in [6.45, 7) is 0. The van der Waals surface area contributed by atoms with Crippen LogP contribution in [0.1, 0.15) is 64.2 Å². The van der Waals surface area contributed by atoms with Gasteiger partial charge < -0.3 is 10.2 Å². The third-order valence-corrected chi connectivity index (χ3v) is 5.71. The maximum atomic E-state index is 10.8. The molecule has 1 aliphatic carbocycles. The quantitative estimate of drug-likeness (QED) is 0.696. The van der Waals surface area contributed by atoms with Gasteiger partial charge in [0.1, 0.15) is 10.5 Å². The van der Waals surface area contributed by atoms with Crippen LogP contribution < -0.4 is 0 Å². The molecule has 1 saturated carbocycles. The number of rotatable bonds is 1. The van der Waals surface area contributed by atoms with Crippen molar-refractivity contribution in [3.8, 4) is 0 Å². The monoisotopic (exact) mass is 244 g/mol. The van der Waals surface area contributed by atoms with Gasteiger partial charge in [0.2, 0.25) is 0 Å². The first kappa shape index (κ1) is 12.7. The first-order valence-corrected chi connectivity index (χ1v) is 7.74. The second-order valence-electron chi connectivity index (χ2n) is 5.39. The van der Waals surface area contributed by atoms with Crippen LogP contribution in [-0.2, 0) is 0 Å². The molecule has 0 aromatic rings. The molecule has 0 aromatic heterocycles. The van der Waals surface area contributed by atoms with Crippen molar-refractivity contribution in [2.24, 2.45) is 0 Å². The van der Waals surface area contributed by atoms with Gasteiger partial charge in [0.15, 0.2) is 0 Å². The summed E-state index contributed by atoms with van der Waals surface area (Å²) < 4.78 is 0. The second kappa shape index (κ2) is 5.28. The van der Waals surface area contributed by atoms with Gasteiger partial charge in [-0.3, -0.25) is 0 Å². The molecule has 94 valence electrons. The van der Waals surface area contributed by atoms with E-state index in [1.807, 2.05) is 0 Å². The molecule has 3 heteroatoms. The van der Waals surface area contributed by atoms with E-state index in [1.54, 1.807) is 11.8 Å². The Bertz CT molecular complexity index is 190. The van der Waals surface area contributed by atoms with Crippen LogP contribution >= 0.6 is 11.8 Å². The molecular formula is C13H24O2S. The maximum Gasteiger partial charge on any atom is 0.139 e. The molecule has 1 atom stereocenters. The molecule has 2 N–H and O–H groups in total. The molecule has 0 spiro atoms. The van der Waals surface area contributed by atoms with Crippen LogP contribution in [-0.4, -0.2) is 26.5 Å². The summed E-state index contributed by atoms with van der Waals surface area (Å²) >= 11 is 1.61. The summed E-state index contributed by atoms with van der Waals surface area (Å²) in [5, 5.41) is 21.6. The minimum atomic E-state index is -0.867. The molecule has 1 saturated heterocycles. The molecule has 2 nitrogen and oxygen atoms in total. The highest BCUT2D eigenvalue weighted by atomic mass is 32.2. The zero-order valence-corrected chi connectivity index (χ0v) is 10.9. The van der Waals surface area contributed by atoms with Crippen molar-refractivity contribution in [3.05, 3.63) is 0 Å². The molecule has 2 rings (SSSR count). The fourth-order valence-corrected chi connectivity index (χ4v) is 4.48. The lowest BCUT2D eigenvalue weighted by Crippen LogP contribution is -2.51. The summed E-state index contributed by atoms with van der Waals surface area (Å²) in [5.41, 5.74) is -0.821. The average molecular weight is 244 g/mol.